The number of halogens is 1. The summed E-state index contributed by atoms with van der Waals surface area (Å²) in [6, 6.07) is 10.4. The first kappa shape index (κ1) is 11.9. The molecule has 1 atom stereocenters. The third-order valence-corrected chi connectivity index (χ3v) is 2.57. The van der Waals surface area contributed by atoms with Crippen LogP contribution in [-0.2, 0) is 0 Å². The van der Waals surface area contributed by atoms with Gasteiger partial charge in [0.2, 0.25) is 5.89 Å². The van der Waals surface area contributed by atoms with E-state index >= 15 is 0 Å². The van der Waals surface area contributed by atoms with E-state index in [2.05, 4.69) is 10.2 Å². The molecule has 17 heavy (non-hydrogen) atoms. The molecule has 90 valence electrons. The topological polar surface area (TPSA) is 42.2 Å². The Morgan fingerprint density at radius 1 is 1.29 bits per heavy atom. The molecule has 2 rings (SSSR count). The molecule has 1 aromatic carbocycles. The number of para-hydroxylation sites is 1. The third kappa shape index (κ3) is 2.58. The highest BCUT2D eigenvalue weighted by Gasteiger charge is 2.16. The monoisotopic (exact) mass is 251 g/mol. The molecule has 0 aliphatic heterocycles. The summed E-state index contributed by atoms with van der Waals surface area (Å²) < 4.78 is 5.52. The molecule has 1 heterocycles. The first-order valence-electron chi connectivity index (χ1n) is 5.52. The number of hydrogen-bond acceptors (Lipinski definition) is 4. The van der Waals surface area contributed by atoms with Crippen molar-refractivity contribution in [3.63, 3.8) is 0 Å². The summed E-state index contributed by atoms with van der Waals surface area (Å²) in [5.74, 6) is 0.441. The lowest BCUT2D eigenvalue weighted by Crippen LogP contribution is -2.16. The van der Waals surface area contributed by atoms with Gasteiger partial charge in [0.15, 0.2) is 0 Å². The minimum absolute atomic E-state index is 0.272. The SMILES string of the molecule is CCN(c1ccccc1)c1nnc(C(C)Cl)o1. The molecule has 0 radical (unpaired) electrons. The van der Waals surface area contributed by atoms with Crippen LogP contribution in [0.5, 0.6) is 0 Å². The molecule has 1 aromatic heterocycles. The second-order valence-corrected chi connectivity index (χ2v) is 4.27. The van der Waals surface area contributed by atoms with Crippen molar-refractivity contribution in [2.75, 3.05) is 11.4 Å². The van der Waals surface area contributed by atoms with Crippen LogP contribution in [0.15, 0.2) is 34.7 Å². The molecular weight excluding hydrogens is 238 g/mol. The predicted octanol–water partition coefficient (Wildman–Crippen LogP) is 3.53. The second-order valence-electron chi connectivity index (χ2n) is 3.62. The molecule has 1 unspecified atom stereocenters. The average molecular weight is 252 g/mol. The molecular formula is C12H14ClN3O. The van der Waals surface area contributed by atoms with E-state index in [0.717, 1.165) is 12.2 Å². The first-order chi connectivity index (χ1) is 8.22. The molecule has 0 saturated carbocycles. The van der Waals surface area contributed by atoms with E-state index in [1.807, 2.05) is 42.2 Å². The van der Waals surface area contributed by atoms with Crippen LogP contribution in [0.4, 0.5) is 11.7 Å². The van der Waals surface area contributed by atoms with Crippen LogP contribution in [-0.4, -0.2) is 16.7 Å². The van der Waals surface area contributed by atoms with Gasteiger partial charge in [-0.25, -0.2) is 0 Å². The Labute approximate surface area is 105 Å². The molecule has 4 nitrogen and oxygen atoms in total. The van der Waals surface area contributed by atoms with E-state index < -0.39 is 0 Å². The maximum Gasteiger partial charge on any atom is 0.322 e. The Kier molecular flexibility index (Phi) is 3.64. The maximum atomic E-state index is 5.90. The largest absolute Gasteiger partial charge is 0.406 e. The van der Waals surface area contributed by atoms with Crippen molar-refractivity contribution in [3.05, 3.63) is 36.2 Å². The van der Waals surface area contributed by atoms with E-state index in [-0.39, 0.29) is 5.38 Å². The van der Waals surface area contributed by atoms with Gasteiger partial charge in [0.1, 0.15) is 5.38 Å². The molecule has 5 heteroatoms. The zero-order valence-corrected chi connectivity index (χ0v) is 10.6. The third-order valence-electron chi connectivity index (χ3n) is 2.39. The Balaban J connectivity index is 2.29. The van der Waals surface area contributed by atoms with Crippen molar-refractivity contribution in [1.29, 1.82) is 0 Å². The average Bonchev–Trinajstić information content (AvgIpc) is 2.81. The summed E-state index contributed by atoms with van der Waals surface area (Å²) in [4.78, 5) is 1.94. The normalized spacial score (nSPS) is 12.4. The van der Waals surface area contributed by atoms with Crippen molar-refractivity contribution < 1.29 is 4.42 Å². The van der Waals surface area contributed by atoms with Gasteiger partial charge in [-0.1, -0.05) is 23.3 Å². The standard InChI is InChI=1S/C12H14ClN3O/c1-3-16(10-7-5-4-6-8-10)12-15-14-11(17-12)9(2)13/h4-9H,3H2,1-2H3. The molecule has 0 fully saturated rings. The fourth-order valence-electron chi connectivity index (χ4n) is 1.53. The fraction of sp³-hybridized carbons (Fsp3) is 0.333. The van der Waals surface area contributed by atoms with Crippen LogP contribution >= 0.6 is 11.6 Å². The zero-order chi connectivity index (χ0) is 12.3. The number of alkyl halides is 1. The summed E-state index contributed by atoms with van der Waals surface area (Å²) in [6.45, 7) is 4.58. The van der Waals surface area contributed by atoms with Gasteiger partial charge in [0.05, 0.1) is 0 Å². The highest BCUT2D eigenvalue weighted by atomic mass is 35.5. The van der Waals surface area contributed by atoms with E-state index in [4.69, 9.17) is 16.0 Å². The molecule has 0 saturated heterocycles. The van der Waals surface area contributed by atoms with Crippen LogP contribution in [0.1, 0.15) is 25.1 Å². The summed E-state index contributed by atoms with van der Waals surface area (Å²) in [5, 5.41) is 7.66. The predicted molar refractivity (Wildman–Crippen MR) is 67.7 cm³/mol. The number of benzene rings is 1. The number of anilines is 2. The van der Waals surface area contributed by atoms with Crippen LogP contribution in [0.25, 0.3) is 0 Å². The van der Waals surface area contributed by atoms with Gasteiger partial charge in [-0.15, -0.1) is 16.7 Å². The molecule has 0 N–H and O–H groups in total. The molecule has 0 aliphatic carbocycles. The Morgan fingerprint density at radius 3 is 2.53 bits per heavy atom. The lowest BCUT2D eigenvalue weighted by Gasteiger charge is -2.17. The highest BCUT2D eigenvalue weighted by Crippen LogP contribution is 2.26. The number of aromatic nitrogens is 2. The molecule has 0 bridgehead atoms. The minimum Gasteiger partial charge on any atom is -0.406 e. The van der Waals surface area contributed by atoms with Gasteiger partial charge in [-0.2, -0.15) is 0 Å². The van der Waals surface area contributed by atoms with Crippen LogP contribution < -0.4 is 4.90 Å². The summed E-state index contributed by atoms with van der Waals surface area (Å²) in [7, 11) is 0. The number of rotatable bonds is 4. The Hall–Kier alpha value is -1.55. The van der Waals surface area contributed by atoms with Crippen molar-refractivity contribution >= 4 is 23.3 Å². The van der Waals surface area contributed by atoms with Crippen LogP contribution in [0.2, 0.25) is 0 Å². The van der Waals surface area contributed by atoms with Gasteiger partial charge >= 0.3 is 6.01 Å². The summed E-state index contributed by atoms with van der Waals surface area (Å²) in [6.07, 6.45) is 0. The van der Waals surface area contributed by atoms with Crippen molar-refractivity contribution in [3.8, 4) is 0 Å². The molecule has 0 spiro atoms. The summed E-state index contributed by atoms with van der Waals surface area (Å²) in [5.41, 5.74) is 1.02. The Morgan fingerprint density at radius 2 is 2.00 bits per heavy atom. The van der Waals surface area contributed by atoms with Crippen LogP contribution in [0, 0.1) is 0 Å². The van der Waals surface area contributed by atoms with Gasteiger partial charge in [-0.05, 0) is 26.0 Å². The van der Waals surface area contributed by atoms with E-state index in [1.165, 1.54) is 0 Å². The van der Waals surface area contributed by atoms with E-state index in [1.54, 1.807) is 6.92 Å². The molecule has 2 aromatic rings. The summed E-state index contributed by atoms with van der Waals surface area (Å²) >= 11 is 5.90. The van der Waals surface area contributed by atoms with Gasteiger partial charge in [0.25, 0.3) is 0 Å². The van der Waals surface area contributed by atoms with Crippen molar-refractivity contribution in [2.45, 2.75) is 19.2 Å². The van der Waals surface area contributed by atoms with Crippen LogP contribution in [0.3, 0.4) is 0 Å². The zero-order valence-electron chi connectivity index (χ0n) is 9.80. The van der Waals surface area contributed by atoms with E-state index in [9.17, 15) is 0 Å². The maximum absolute atomic E-state index is 5.90. The number of hydrogen-bond donors (Lipinski definition) is 0. The minimum atomic E-state index is -0.272. The lowest BCUT2D eigenvalue weighted by atomic mass is 10.3. The quantitative estimate of drug-likeness (QED) is 0.780. The van der Waals surface area contributed by atoms with Crippen molar-refractivity contribution in [1.82, 2.24) is 10.2 Å². The van der Waals surface area contributed by atoms with Gasteiger partial charge in [0, 0.05) is 12.2 Å². The fourth-order valence-corrected chi connectivity index (χ4v) is 1.62. The van der Waals surface area contributed by atoms with Gasteiger partial charge < -0.3 is 4.42 Å². The number of nitrogens with zero attached hydrogens (tertiary/aromatic N) is 3. The van der Waals surface area contributed by atoms with Gasteiger partial charge in [-0.3, -0.25) is 4.90 Å². The first-order valence-corrected chi connectivity index (χ1v) is 5.96. The lowest BCUT2D eigenvalue weighted by molar-refractivity contribution is 0.496. The highest BCUT2D eigenvalue weighted by molar-refractivity contribution is 6.20. The van der Waals surface area contributed by atoms with E-state index in [0.29, 0.717) is 11.9 Å². The smallest absolute Gasteiger partial charge is 0.322 e. The second kappa shape index (κ2) is 5.19. The molecule has 0 aliphatic rings. The molecule has 0 amide bonds. The van der Waals surface area contributed by atoms with Crippen molar-refractivity contribution in [2.24, 2.45) is 0 Å². The Bertz CT molecular complexity index is 470.